The largest absolute Gasteiger partial charge is 0.481 e. The molecule has 0 saturated heterocycles. The maximum atomic E-state index is 12.9. The molecule has 0 aliphatic heterocycles. The summed E-state index contributed by atoms with van der Waals surface area (Å²) in [6, 6.07) is -2.74. The Labute approximate surface area is 449 Å². The number of hydrogen-bond donors (Lipinski definition) is 7. The number of unbranched alkanes of at least 4 members (excludes halogenated alkanes) is 10. The summed E-state index contributed by atoms with van der Waals surface area (Å²) < 4.78 is 21.6. The van der Waals surface area contributed by atoms with Gasteiger partial charge in [-0.2, -0.15) is 0 Å². The molecule has 0 aliphatic rings. The van der Waals surface area contributed by atoms with E-state index in [0.717, 1.165) is 51.4 Å². The molecule has 0 aliphatic carbocycles. The zero-order chi connectivity index (χ0) is 57.2. The number of rotatable bonds is 51. The molecule has 0 aromatic rings. The van der Waals surface area contributed by atoms with E-state index in [0.29, 0.717) is 51.7 Å². The van der Waals surface area contributed by atoms with Crippen molar-refractivity contribution in [3.05, 3.63) is 0 Å². The number of carbonyl (C=O) groups is 11. The summed E-state index contributed by atoms with van der Waals surface area (Å²) in [4.78, 5) is 133. The first-order valence-electron chi connectivity index (χ1n) is 27.2. The van der Waals surface area contributed by atoms with E-state index in [2.05, 4.69) is 21.3 Å². The van der Waals surface area contributed by atoms with Crippen LogP contribution in [0.2, 0.25) is 0 Å². The minimum absolute atomic E-state index is 0.00463. The van der Waals surface area contributed by atoms with E-state index in [1.165, 1.54) is 6.92 Å². The van der Waals surface area contributed by atoms with Gasteiger partial charge in [-0.05, 0) is 51.9 Å². The number of carboxylic acids is 3. The van der Waals surface area contributed by atoms with Crippen LogP contribution >= 0.6 is 0 Å². The number of aliphatic carboxylic acids is 3. The van der Waals surface area contributed by atoms with Gasteiger partial charge >= 0.3 is 17.9 Å². The smallest absolute Gasteiger partial charge is 0.326 e. The average Bonchev–Trinajstić information content (AvgIpc) is 3.34. The first kappa shape index (κ1) is 70.8. The van der Waals surface area contributed by atoms with Crippen molar-refractivity contribution in [1.82, 2.24) is 21.3 Å². The van der Waals surface area contributed by atoms with Crippen LogP contribution < -0.4 is 21.3 Å². The minimum Gasteiger partial charge on any atom is -0.481 e. The van der Waals surface area contributed by atoms with Gasteiger partial charge in [0.2, 0.25) is 23.6 Å². The summed E-state index contributed by atoms with van der Waals surface area (Å²) >= 11 is 0. The lowest BCUT2D eigenvalue weighted by molar-refractivity contribution is -0.143. The third-order valence-electron chi connectivity index (χ3n) is 12.4. The van der Waals surface area contributed by atoms with Gasteiger partial charge in [0.05, 0.1) is 33.0 Å². The molecule has 0 fully saturated rings. The Morgan fingerprint density at radius 2 is 0.947 bits per heavy atom. The van der Waals surface area contributed by atoms with Crippen molar-refractivity contribution < 1.29 is 87.0 Å². The molecule has 0 radical (unpaired) electrons. The fraction of sp³-hybridized carbons (Fsp3) is 0.796. The fourth-order valence-corrected chi connectivity index (χ4v) is 7.47. The first-order valence-corrected chi connectivity index (χ1v) is 27.2. The second kappa shape index (κ2) is 43.9. The van der Waals surface area contributed by atoms with Crippen molar-refractivity contribution in [3.63, 3.8) is 0 Å². The van der Waals surface area contributed by atoms with Crippen molar-refractivity contribution in [2.45, 2.75) is 194 Å². The van der Waals surface area contributed by atoms with Gasteiger partial charge in [0.1, 0.15) is 42.6 Å². The van der Waals surface area contributed by atoms with Gasteiger partial charge in [0.25, 0.3) is 0 Å². The van der Waals surface area contributed by atoms with Crippen LogP contribution in [-0.4, -0.2) is 158 Å². The summed E-state index contributed by atoms with van der Waals surface area (Å²) in [5.41, 5.74) is -0.570. The van der Waals surface area contributed by atoms with E-state index in [4.69, 9.17) is 24.1 Å². The Morgan fingerprint density at radius 3 is 1.49 bits per heavy atom. The summed E-state index contributed by atoms with van der Waals surface area (Å²) in [6.45, 7) is 9.97. The second-order valence-electron chi connectivity index (χ2n) is 20.3. The monoisotopic (exact) mass is 1080 g/mol. The standard InChI is InChI=1S/C54H92N4O18/c1-39(40(2)59)35-45(61)41(36-46(62)54(3,4)5)19-16-17-27-55-50(66)38-76-34-31-73-29-18-20-42(60)37-75-33-32-74-30-28-56-47(63)25-23-43(52(69)70)58-49(65)26-24-44(53(71)72)57-48(64)21-14-12-10-8-6-7-9-11-13-15-22-51(67)68/h39,41,43-44H,6-38H2,1-5H3,(H,55,66)(H,56,63)(H,57,64)(H,58,65)(H,67,68)(H,69,70)(H,71,72)/t39-,41-,43+,44+/m1/s1. The lowest BCUT2D eigenvalue weighted by Gasteiger charge is -2.22. The van der Waals surface area contributed by atoms with Crippen LogP contribution in [0, 0.1) is 17.3 Å². The molecule has 0 rings (SSSR count). The molecule has 76 heavy (non-hydrogen) atoms. The molecule has 0 saturated carbocycles. The molecular weight excluding hydrogens is 993 g/mol. The van der Waals surface area contributed by atoms with Crippen LogP contribution in [0.15, 0.2) is 0 Å². The first-order chi connectivity index (χ1) is 36.0. The summed E-state index contributed by atoms with van der Waals surface area (Å²) in [5.74, 6) is -6.58. The maximum Gasteiger partial charge on any atom is 0.326 e. The van der Waals surface area contributed by atoms with Crippen LogP contribution in [0.3, 0.4) is 0 Å². The van der Waals surface area contributed by atoms with Crippen LogP contribution in [0.25, 0.3) is 0 Å². The normalized spacial score (nSPS) is 12.9. The molecule has 22 heteroatoms. The maximum absolute atomic E-state index is 12.9. The van der Waals surface area contributed by atoms with E-state index in [1.807, 2.05) is 20.8 Å². The molecule has 4 amide bonds. The number of nitrogens with one attached hydrogen (secondary N) is 4. The topological polar surface area (TPSA) is 334 Å². The molecule has 0 spiro atoms. The molecule has 4 atom stereocenters. The van der Waals surface area contributed by atoms with Crippen molar-refractivity contribution in [1.29, 1.82) is 0 Å². The van der Waals surface area contributed by atoms with E-state index >= 15 is 0 Å². The number of carbonyl (C=O) groups excluding carboxylic acids is 8. The van der Waals surface area contributed by atoms with Gasteiger partial charge < -0.3 is 55.5 Å². The molecule has 7 N–H and O–H groups in total. The molecule has 0 unspecified atom stereocenters. The van der Waals surface area contributed by atoms with Crippen molar-refractivity contribution in [2.75, 3.05) is 65.9 Å². The molecular formula is C54H92N4O18. The Morgan fingerprint density at radius 1 is 0.461 bits per heavy atom. The van der Waals surface area contributed by atoms with E-state index < -0.39 is 65.0 Å². The zero-order valence-corrected chi connectivity index (χ0v) is 46.1. The molecule has 0 heterocycles. The number of ether oxygens (including phenoxy) is 4. The fourth-order valence-electron chi connectivity index (χ4n) is 7.47. The predicted octanol–water partition coefficient (Wildman–Crippen LogP) is 5.08. The molecule has 0 aromatic carbocycles. The highest BCUT2D eigenvalue weighted by atomic mass is 16.5. The molecule has 436 valence electrons. The predicted molar refractivity (Wildman–Crippen MR) is 280 cm³/mol. The quantitative estimate of drug-likeness (QED) is 0.0391. The number of Topliss-reactive ketones (excluding diaryl/α,β-unsaturated/α-hetero) is 4. The Kier molecular flexibility index (Phi) is 40.9. The van der Waals surface area contributed by atoms with Gasteiger partial charge in [-0.15, -0.1) is 0 Å². The highest BCUT2D eigenvalue weighted by molar-refractivity contribution is 5.92. The van der Waals surface area contributed by atoms with Crippen LogP contribution in [-0.2, 0) is 71.7 Å². The summed E-state index contributed by atoms with van der Waals surface area (Å²) in [5, 5.41) is 37.9. The SMILES string of the molecule is CC(=O)[C@H](C)CC(=O)[C@H](CCCCNC(=O)COCCOCCCC(=O)COCCOCCNC(=O)CC[C@H](NC(=O)CC[C@H](NC(=O)CCCCCCCCCCCCC(=O)O)C(=O)O)C(=O)O)CC(=O)C(C)(C)C. The highest BCUT2D eigenvalue weighted by Crippen LogP contribution is 2.25. The van der Waals surface area contributed by atoms with Crippen LogP contribution in [0.4, 0.5) is 0 Å². The van der Waals surface area contributed by atoms with Crippen LogP contribution in [0.5, 0.6) is 0 Å². The lowest BCUT2D eigenvalue weighted by Crippen LogP contribution is -2.44. The molecule has 0 bridgehead atoms. The van der Waals surface area contributed by atoms with Crippen molar-refractivity contribution >= 4 is 64.7 Å². The number of ketones is 4. The van der Waals surface area contributed by atoms with E-state index in [9.17, 15) is 63.0 Å². The van der Waals surface area contributed by atoms with Gasteiger partial charge in [-0.1, -0.05) is 85.5 Å². The van der Waals surface area contributed by atoms with Crippen LogP contribution in [0.1, 0.15) is 182 Å². The zero-order valence-electron chi connectivity index (χ0n) is 46.1. The van der Waals surface area contributed by atoms with Gasteiger partial charge in [-0.3, -0.25) is 43.2 Å². The van der Waals surface area contributed by atoms with E-state index in [1.54, 1.807) is 6.92 Å². The lowest BCUT2D eigenvalue weighted by atomic mass is 9.80. The second-order valence-corrected chi connectivity index (χ2v) is 20.3. The Hall–Kier alpha value is -5.19. The summed E-state index contributed by atoms with van der Waals surface area (Å²) in [7, 11) is 0. The third-order valence-corrected chi connectivity index (χ3v) is 12.4. The number of amides is 4. The molecule has 22 nitrogen and oxygen atoms in total. The Balaban J connectivity index is 4.04. The van der Waals surface area contributed by atoms with Gasteiger partial charge in [0, 0.05) is 81.9 Å². The molecule has 0 aromatic heterocycles. The van der Waals surface area contributed by atoms with Gasteiger partial charge in [-0.25, -0.2) is 9.59 Å². The van der Waals surface area contributed by atoms with E-state index in [-0.39, 0.29) is 140 Å². The number of carboxylic acid groups (broad SMARTS) is 3. The average molecular weight is 1090 g/mol. The highest BCUT2D eigenvalue weighted by Gasteiger charge is 2.30. The Bertz CT molecular complexity index is 1770. The summed E-state index contributed by atoms with van der Waals surface area (Å²) in [6.07, 6.45) is 11.1. The third kappa shape index (κ3) is 41.0. The minimum atomic E-state index is -1.40. The van der Waals surface area contributed by atoms with Crippen molar-refractivity contribution in [2.24, 2.45) is 17.3 Å². The van der Waals surface area contributed by atoms with Gasteiger partial charge in [0.15, 0.2) is 5.78 Å². The van der Waals surface area contributed by atoms with Crippen molar-refractivity contribution in [3.8, 4) is 0 Å². The number of hydrogen-bond acceptors (Lipinski definition) is 15.